The molecule has 0 saturated heterocycles. The molecule has 4 heteroatoms. The van der Waals surface area contributed by atoms with E-state index in [9.17, 15) is 4.79 Å². The van der Waals surface area contributed by atoms with Crippen LogP contribution in [0.4, 0.5) is 0 Å². The van der Waals surface area contributed by atoms with E-state index in [0.29, 0.717) is 18.5 Å². The Morgan fingerprint density at radius 2 is 1.52 bits per heavy atom. The average molecular weight is 356 g/mol. The largest absolute Gasteiger partial charge is 0.494 e. The summed E-state index contributed by atoms with van der Waals surface area (Å²) in [6.45, 7) is 1.13. The molecule has 0 amide bonds. The molecule has 0 saturated carbocycles. The molecule has 4 rings (SSSR count). The van der Waals surface area contributed by atoms with Gasteiger partial charge in [0, 0.05) is 6.54 Å². The van der Waals surface area contributed by atoms with Crippen molar-refractivity contribution in [1.82, 2.24) is 9.55 Å². The van der Waals surface area contributed by atoms with E-state index in [0.717, 1.165) is 23.3 Å². The van der Waals surface area contributed by atoms with E-state index < -0.39 is 0 Å². The summed E-state index contributed by atoms with van der Waals surface area (Å²) in [5, 5.41) is 0.650. The van der Waals surface area contributed by atoms with Crippen molar-refractivity contribution in [3.8, 4) is 16.9 Å². The molecule has 0 aliphatic rings. The third-order valence-corrected chi connectivity index (χ3v) is 4.51. The van der Waals surface area contributed by atoms with Gasteiger partial charge in [-0.25, -0.2) is 4.98 Å². The Hall–Kier alpha value is -3.40. The van der Waals surface area contributed by atoms with Crippen molar-refractivity contribution in [3.63, 3.8) is 0 Å². The first-order valence-corrected chi connectivity index (χ1v) is 9.04. The van der Waals surface area contributed by atoms with E-state index in [4.69, 9.17) is 4.74 Å². The number of aromatic nitrogens is 2. The van der Waals surface area contributed by atoms with Crippen molar-refractivity contribution in [3.05, 3.63) is 95.5 Å². The zero-order valence-electron chi connectivity index (χ0n) is 14.9. The van der Waals surface area contributed by atoms with Gasteiger partial charge in [-0.05, 0) is 41.8 Å². The first-order valence-electron chi connectivity index (χ1n) is 9.04. The first kappa shape index (κ1) is 17.0. The second-order valence-electron chi connectivity index (χ2n) is 6.35. The lowest BCUT2D eigenvalue weighted by molar-refractivity contribution is 0.301. The molecule has 134 valence electrons. The minimum Gasteiger partial charge on any atom is -0.494 e. The molecule has 4 aromatic rings. The maximum atomic E-state index is 12.4. The number of para-hydroxylation sites is 1. The quantitative estimate of drug-likeness (QED) is 0.477. The Kier molecular flexibility index (Phi) is 4.97. The number of hydrogen-bond acceptors (Lipinski definition) is 3. The summed E-state index contributed by atoms with van der Waals surface area (Å²) in [5.41, 5.74) is 3.07. The normalized spacial score (nSPS) is 10.8. The van der Waals surface area contributed by atoms with Crippen molar-refractivity contribution in [2.24, 2.45) is 0 Å². The number of hydrogen-bond donors (Lipinski definition) is 0. The zero-order valence-corrected chi connectivity index (χ0v) is 14.9. The minimum absolute atomic E-state index is 0.00665. The number of rotatable bonds is 6. The number of benzene rings is 3. The van der Waals surface area contributed by atoms with Gasteiger partial charge in [0.15, 0.2) is 0 Å². The van der Waals surface area contributed by atoms with Crippen LogP contribution in [0, 0.1) is 0 Å². The molecule has 0 unspecified atom stereocenters. The van der Waals surface area contributed by atoms with Gasteiger partial charge in [-0.15, -0.1) is 0 Å². The van der Waals surface area contributed by atoms with E-state index in [1.165, 1.54) is 5.56 Å². The van der Waals surface area contributed by atoms with Crippen molar-refractivity contribution >= 4 is 10.9 Å². The van der Waals surface area contributed by atoms with Gasteiger partial charge in [0.25, 0.3) is 5.56 Å². The predicted octanol–water partition coefficient (Wildman–Crippen LogP) is 4.53. The Morgan fingerprint density at radius 1 is 0.815 bits per heavy atom. The smallest absolute Gasteiger partial charge is 0.261 e. The van der Waals surface area contributed by atoms with E-state index in [2.05, 4.69) is 29.2 Å². The van der Waals surface area contributed by atoms with Gasteiger partial charge in [0.2, 0.25) is 0 Å². The van der Waals surface area contributed by atoms with Gasteiger partial charge in [0.1, 0.15) is 5.75 Å². The highest BCUT2D eigenvalue weighted by Gasteiger charge is 2.03. The summed E-state index contributed by atoms with van der Waals surface area (Å²) in [5.74, 6) is 0.832. The summed E-state index contributed by atoms with van der Waals surface area (Å²) in [6.07, 6.45) is 2.35. The predicted molar refractivity (Wildman–Crippen MR) is 108 cm³/mol. The minimum atomic E-state index is -0.00665. The second-order valence-corrected chi connectivity index (χ2v) is 6.35. The van der Waals surface area contributed by atoms with Crippen LogP contribution in [-0.2, 0) is 6.54 Å². The Morgan fingerprint density at radius 3 is 2.33 bits per heavy atom. The molecule has 0 aliphatic carbocycles. The van der Waals surface area contributed by atoms with Crippen LogP contribution in [0.5, 0.6) is 5.75 Å². The van der Waals surface area contributed by atoms with Gasteiger partial charge < -0.3 is 4.74 Å². The highest BCUT2D eigenvalue weighted by atomic mass is 16.5. The van der Waals surface area contributed by atoms with Crippen molar-refractivity contribution in [2.75, 3.05) is 6.61 Å². The van der Waals surface area contributed by atoms with Crippen LogP contribution < -0.4 is 10.3 Å². The lowest BCUT2D eigenvalue weighted by Gasteiger charge is -2.09. The maximum absolute atomic E-state index is 12.4. The SMILES string of the molecule is O=c1c2ccccc2ncn1CCCOc1ccc(-c2ccccc2)cc1. The molecule has 0 fully saturated rings. The maximum Gasteiger partial charge on any atom is 0.261 e. The Bertz CT molecular complexity index is 1090. The van der Waals surface area contributed by atoms with Crippen LogP contribution >= 0.6 is 0 Å². The van der Waals surface area contributed by atoms with Crippen LogP contribution in [0.3, 0.4) is 0 Å². The summed E-state index contributed by atoms with van der Waals surface area (Å²) in [7, 11) is 0. The van der Waals surface area contributed by atoms with Crippen molar-refractivity contribution in [2.45, 2.75) is 13.0 Å². The van der Waals surface area contributed by atoms with E-state index in [1.54, 1.807) is 10.9 Å². The number of ether oxygens (including phenoxy) is 1. The molecule has 0 atom stereocenters. The molecular formula is C23H20N2O2. The van der Waals surface area contributed by atoms with Gasteiger partial charge >= 0.3 is 0 Å². The highest BCUT2D eigenvalue weighted by molar-refractivity contribution is 5.76. The summed E-state index contributed by atoms with van der Waals surface area (Å²) in [4.78, 5) is 16.8. The Labute approximate surface area is 157 Å². The van der Waals surface area contributed by atoms with Crippen LogP contribution in [0.1, 0.15) is 6.42 Å². The summed E-state index contributed by atoms with van der Waals surface area (Å²) >= 11 is 0. The van der Waals surface area contributed by atoms with E-state index >= 15 is 0 Å². The zero-order chi connectivity index (χ0) is 18.5. The molecule has 4 nitrogen and oxygen atoms in total. The van der Waals surface area contributed by atoms with Gasteiger partial charge in [-0.2, -0.15) is 0 Å². The van der Waals surface area contributed by atoms with Gasteiger partial charge in [-0.3, -0.25) is 9.36 Å². The number of fused-ring (bicyclic) bond motifs is 1. The van der Waals surface area contributed by atoms with Gasteiger partial charge in [-0.1, -0.05) is 54.6 Å². The highest BCUT2D eigenvalue weighted by Crippen LogP contribution is 2.22. The van der Waals surface area contributed by atoms with E-state index in [1.807, 2.05) is 54.6 Å². The molecule has 0 spiro atoms. The van der Waals surface area contributed by atoms with Crippen LogP contribution in [0.25, 0.3) is 22.0 Å². The molecule has 0 bridgehead atoms. The Balaban J connectivity index is 1.34. The number of nitrogens with zero attached hydrogens (tertiary/aromatic N) is 2. The standard InChI is InChI=1S/C23H20N2O2/c26-23-21-9-4-5-10-22(21)24-17-25(23)15-6-16-27-20-13-11-19(12-14-20)18-7-2-1-3-8-18/h1-5,7-14,17H,6,15-16H2. The third kappa shape index (κ3) is 3.90. The molecule has 0 aliphatic heterocycles. The molecule has 0 N–H and O–H groups in total. The lowest BCUT2D eigenvalue weighted by Crippen LogP contribution is -2.21. The van der Waals surface area contributed by atoms with Crippen molar-refractivity contribution in [1.29, 1.82) is 0 Å². The third-order valence-electron chi connectivity index (χ3n) is 4.51. The fraction of sp³-hybridized carbons (Fsp3) is 0.130. The molecule has 27 heavy (non-hydrogen) atoms. The fourth-order valence-electron chi connectivity index (χ4n) is 3.06. The molecule has 1 heterocycles. The topological polar surface area (TPSA) is 44.1 Å². The lowest BCUT2D eigenvalue weighted by atomic mass is 10.1. The molecular weight excluding hydrogens is 336 g/mol. The molecule has 1 aromatic heterocycles. The first-order chi connectivity index (χ1) is 13.3. The molecule has 3 aromatic carbocycles. The van der Waals surface area contributed by atoms with E-state index in [-0.39, 0.29) is 5.56 Å². The number of aryl methyl sites for hydroxylation is 1. The summed E-state index contributed by atoms with van der Waals surface area (Å²) in [6, 6.07) is 25.7. The fourth-order valence-corrected chi connectivity index (χ4v) is 3.06. The second kappa shape index (κ2) is 7.87. The monoisotopic (exact) mass is 356 g/mol. The van der Waals surface area contributed by atoms with Crippen LogP contribution in [0.15, 0.2) is 90.0 Å². The van der Waals surface area contributed by atoms with Crippen LogP contribution in [0.2, 0.25) is 0 Å². The average Bonchev–Trinajstić information content (AvgIpc) is 2.74. The molecule has 0 radical (unpaired) electrons. The summed E-state index contributed by atoms with van der Waals surface area (Å²) < 4.78 is 7.45. The van der Waals surface area contributed by atoms with Crippen molar-refractivity contribution < 1.29 is 4.74 Å². The van der Waals surface area contributed by atoms with Crippen LogP contribution in [-0.4, -0.2) is 16.2 Å². The van der Waals surface area contributed by atoms with Gasteiger partial charge in [0.05, 0.1) is 23.8 Å².